The van der Waals surface area contributed by atoms with Crippen molar-refractivity contribution in [3.63, 3.8) is 0 Å². The molecule has 30 heavy (non-hydrogen) atoms. The molecule has 154 valence electrons. The fraction of sp³-hybridized carbons (Fsp3) is 0.364. The van der Waals surface area contributed by atoms with Crippen LogP contribution in [0.3, 0.4) is 0 Å². The van der Waals surface area contributed by atoms with Crippen LogP contribution in [0.25, 0.3) is 17.2 Å². The van der Waals surface area contributed by atoms with Crippen LogP contribution < -0.4 is 10.5 Å². The van der Waals surface area contributed by atoms with Crippen molar-refractivity contribution in [1.82, 2.24) is 19.6 Å². The molecule has 1 aromatic carbocycles. The third kappa shape index (κ3) is 2.91. The zero-order valence-corrected chi connectivity index (χ0v) is 16.7. The predicted octanol–water partition coefficient (Wildman–Crippen LogP) is 3.17. The van der Waals surface area contributed by atoms with Crippen LogP contribution in [0, 0.1) is 5.92 Å². The molecule has 1 saturated carbocycles. The minimum Gasteiger partial charge on any atom is -0.496 e. The van der Waals surface area contributed by atoms with Gasteiger partial charge in [0.25, 0.3) is 0 Å². The monoisotopic (exact) mass is 405 g/mol. The van der Waals surface area contributed by atoms with Gasteiger partial charge in [-0.1, -0.05) is 12.1 Å². The molecule has 2 aliphatic rings. The summed E-state index contributed by atoms with van der Waals surface area (Å²) in [4.78, 5) is 20.5. The first kappa shape index (κ1) is 18.6. The highest BCUT2D eigenvalue weighted by atomic mass is 16.5. The van der Waals surface area contributed by atoms with Crippen LogP contribution in [0.1, 0.15) is 54.2 Å². The third-order valence-corrected chi connectivity index (χ3v) is 6.31. The third-order valence-electron chi connectivity index (χ3n) is 6.31. The lowest BCUT2D eigenvalue weighted by Crippen LogP contribution is -2.21. The molecule has 0 amide bonds. The lowest BCUT2D eigenvalue weighted by atomic mass is 9.82. The molecule has 0 unspecified atom stereocenters. The molecule has 0 spiro atoms. The summed E-state index contributed by atoms with van der Waals surface area (Å²) in [7, 11) is 1.67. The fourth-order valence-corrected chi connectivity index (χ4v) is 4.73. The number of nitrogen functional groups attached to an aromatic ring is 1. The minimum atomic E-state index is -0.712. The van der Waals surface area contributed by atoms with E-state index in [0.29, 0.717) is 24.2 Å². The highest BCUT2D eigenvalue weighted by Gasteiger charge is 2.31. The van der Waals surface area contributed by atoms with Crippen LogP contribution in [0.4, 0.5) is 5.82 Å². The molecule has 8 nitrogen and oxygen atoms in total. The second kappa shape index (κ2) is 7.12. The Balaban J connectivity index is 1.57. The SMILES string of the molecule is COc1cccc2c1C=C(c1nc(C3CCC(C(=O)O)CC3)n3ncnc(N)c13)C2. The first-order chi connectivity index (χ1) is 14.6. The first-order valence-corrected chi connectivity index (χ1v) is 10.2. The number of allylic oxidation sites excluding steroid dienone is 1. The number of carbonyl (C=O) groups is 1. The Hall–Kier alpha value is -3.42. The van der Waals surface area contributed by atoms with Crippen molar-refractivity contribution < 1.29 is 14.6 Å². The zero-order chi connectivity index (χ0) is 20.8. The number of hydrogen-bond acceptors (Lipinski definition) is 6. The van der Waals surface area contributed by atoms with Crippen LogP contribution in [0.15, 0.2) is 24.5 Å². The highest BCUT2D eigenvalue weighted by molar-refractivity contribution is 5.95. The normalized spacial score (nSPS) is 20.8. The molecular formula is C22H23N5O3. The number of ether oxygens (including phenoxy) is 1. The maximum Gasteiger partial charge on any atom is 0.306 e. The smallest absolute Gasteiger partial charge is 0.306 e. The Labute approximate surface area is 173 Å². The van der Waals surface area contributed by atoms with Gasteiger partial charge in [0, 0.05) is 17.9 Å². The van der Waals surface area contributed by atoms with Crippen LogP contribution in [0.2, 0.25) is 0 Å². The summed E-state index contributed by atoms with van der Waals surface area (Å²) in [6.07, 6.45) is 7.12. The summed E-state index contributed by atoms with van der Waals surface area (Å²) in [5.74, 6) is 1.23. The van der Waals surface area contributed by atoms with Gasteiger partial charge in [0.2, 0.25) is 0 Å². The number of anilines is 1. The number of aliphatic carboxylic acids is 1. The minimum absolute atomic E-state index is 0.148. The van der Waals surface area contributed by atoms with Gasteiger partial charge in [0.05, 0.1) is 18.7 Å². The van der Waals surface area contributed by atoms with Gasteiger partial charge in [-0.15, -0.1) is 0 Å². The topological polar surface area (TPSA) is 116 Å². The predicted molar refractivity (Wildman–Crippen MR) is 112 cm³/mol. The molecule has 2 aliphatic carbocycles. The molecule has 5 rings (SSSR count). The van der Waals surface area contributed by atoms with E-state index in [4.69, 9.17) is 15.5 Å². The van der Waals surface area contributed by atoms with Crippen molar-refractivity contribution in [2.75, 3.05) is 12.8 Å². The van der Waals surface area contributed by atoms with Crippen LogP contribution in [0.5, 0.6) is 5.75 Å². The molecule has 2 aromatic heterocycles. The van der Waals surface area contributed by atoms with E-state index in [2.05, 4.69) is 22.2 Å². The van der Waals surface area contributed by atoms with Crippen molar-refractivity contribution in [2.24, 2.45) is 5.92 Å². The molecule has 0 atom stereocenters. The lowest BCUT2D eigenvalue weighted by molar-refractivity contribution is -0.142. The summed E-state index contributed by atoms with van der Waals surface area (Å²) < 4.78 is 7.31. The Morgan fingerprint density at radius 2 is 2.07 bits per heavy atom. The Morgan fingerprint density at radius 3 is 2.80 bits per heavy atom. The number of benzene rings is 1. The Morgan fingerprint density at radius 1 is 1.27 bits per heavy atom. The van der Waals surface area contributed by atoms with Gasteiger partial charge in [-0.25, -0.2) is 14.5 Å². The number of fused-ring (bicyclic) bond motifs is 2. The number of hydrogen-bond donors (Lipinski definition) is 2. The number of rotatable bonds is 4. The van der Waals surface area contributed by atoms with E-state index in [1.54, 1.807) is 11.6 Å². The van der Waals surface area contributed by atoms with Crippen molar-refractivity contribution in [1.29, 1.82) is 0 Å². The Kier molecular flexibility index (Phi) is 4.42. The van der Waals surface area contributed by atoms with E-state index in [0.717, 1.165) is 47.7 Å². The van der Waals surface area contributed by atoms with E-state index < -0.39 is 5.97 Å². The van der Waals surface area contributed by atoms with Gasteiger partial charge in [-0.05, 0) is 49.0 Å². The fourth-order valence-electron chi connectivity index (χ4n) is 4.73. The van der Waals surface area contributed by atoms with E-state index in [-0.39, 0.29) is 11.8 Å². The number of imidazole rings is 1. The molecule has 8 heteroatoms. The number of aromatic nitrogens is 4. The average Bonchev–Trinajstić information content (AvgIpc) is 3.36. The zero-order valence-electron chi connectivity index (χ0n) is 16.7. The lowest BCUT2D eigenvalue weighted by Gasteiger charge is -2.24. The quantitative estimate of drug-likeness (QED) is 0.685. The van der Waals surface area contributed by atoms with Crippen molar-refractivity contribution in [2.45, 2.75) is 38.0 Å². The summed E-state index contributed by atoms with van der Waals surface area (Å²) in [6.45, 7) is 0. The number of nitrogens with zero attached hydrogens (tertiary/aromatic N) is 4. The maximum absolute atomic E-state index is 11.3. The van der Waals surface area contributed by atoms with Crippen molar-refractivity contribution in [3.8, 4) is 5.75 Å². The molecule has 0 aliphatic heterocycles. The summed E-state index contributed by atoms with van der Waals surface area (Å²) in [6, 6.07) is 6.03. The highest BCUT2D eigenvalue weighted by Crippen LogP contribution is 2.41. The van der Waals surface area contributed by atoms with Crippen LogP contribution in [-0.2, 0) is 11.2 Å². The molecular weight excluding hydrogens is 382 g/mol. The number of nitrogens with two attached hydrogens (primary N) is 1. The van der Waals surface area contributed by atoms with E-state index in [1.807, 2.05) is 12.1 Å². The molecule has 3 N–H and O–H groups in total. The van der Waals surface area contributed by atoms with Gasteiger partial charge in [0.1, 0.15) is 23.4 Å². The molecule has 1 fully saturated rings. The van der Waals surface area contributed by atoms with E-state index in [1.165, 1.54) is 11.9 Å². The molecule has 2 heterocycles. The summed E-state index contributed by atoms with van der Waals surface area (Å²) in [5, 5.41) is 13.7. The first-order valence-electron chi connectivity index (χ1n) is 10.2. The van der Waals surface area contributed by atoms with Gasteiger partial charge in [0.15, 0.2) is 5.82 Å². The van der Waals surface area contributed by atoms with Gasteiger partial charge < -0.3 is 15.6 Å². The van der Waals surface area contributed by atoms with Gasteiger partial charge >= 0.3 is 5.97 Å². The van der Waals surface area contributed by atoms with E-state index in [9.17, 15) is 9.90 Å². The summed E-state index contributed by atoms with van der Waals surface area (Å²) >= 11 is 0. The number of carboxylic acid groups (broad SMARTS) is 1. The standard InChI is InChI=1S/C22H23N5O3/c1-30-17-4-2-3-14-9-15(10-16(14)17)18-19-20(23)24-11-25-27(19)21(26-18)12-5-7-13(8-6-12)22(28)29/h2-4,10-13H,5-9H2,1H3,(H,28,29)(H2,23,24,25). The second-order valence-corrected chi connectivity index (χ2v) is 7.99. The van der Waals surface area contributed by atoms with Gasteiger partial charge in [-0.3, -0.25) is 4.79 Å². The van der Waals surface area contributed by atoms with Crippen molar-refractivity contribution >= 4 is 29.0 Å². The maximum atomic E-state index is 11.3. The van der Waals surface area contributed by atoms with E-state index >= 15 is 0 Å². The largest absolute Gasteiger partial charge is 0.496 e. The molecule has 0 radical (unpaired) electrons. The van der Waals surface area contributed by atoms with Crippen LogP contribution in [-0.4, -0.2) is 37.8 Å². The second-order valence-electron chi connectivity index (χ2n) is 7.99. The van der Waals surface area contributed by atoms with Crippen LogP contribution >= 0.6 is 0 Å². The molecule has 0 bridgehead atoms. The molecule has 0 saturated heterocycles. The van der Waals surface area contributed by atoms with Crippen molar-refractivity contribution in [3.05, 3.63) is 47.2 Å². The Bertz CT molecular complexity index is 1170. The number of methoxy groups -OCH3 is 1. The molecule has 3 aromatic rings. The number of carboxylic acids is 1. The van der Waals surface area contributed by atoms with Gasteiger partial charge in [-0.2, -0.15) is 5.10 Å². The average molecular weight is 405 g/mol. The summed E-state index contributed by atoms with van der Waals surface area (Å²) in [5.41, 5.74) is 11.1.